The van der Waals surface area contributed by atoms with Crippen molar-refractivity contribution in [2.75, 3.05) is 0 Å². The fourth-order valence-electron chi connectivity index (χ4n) is 8.84. The molecule has 2 heterocycles. The summed E-state index contributed by atoms with van der Waals surface area (Å²) in [6.07, 6.45) is -0.307. The molecule has 2 unspecified atom stereocenters. The van der Waals surface area contributed by atoms with Gasteiger partial charge in [0.2, 0.25) is 0 Å². The second kappa shape index (κ2) is 12.5. The topological polar surface area (TPSA) is 69.8 Å². The maximum Gasteiger partial charge on any atom is 0.159 e. The minimum atomic E-state index is -0.676. The molecule has 0 fully saturated rings. The first-order valence-corrected chi connectivity index (χ1v) is 18.8. The summed E-state index contributed by atoms with van der Waals surface area (Å²) in [7, 11) is 0. The van der Waals surface area contributed by atoms with Gasteiger partial charge in [0.15, 0.2) is 5.84 Å². The molecule has 0 radical (unpaired) electrons. The van der Waals surface area contributed by atoms with E-state index in [-0.39, 0.29) is 6.17 Å². The van der Waals surface area contributed by atoms with Crippen LogP contribution in [0.4, 0.5) is 0 Å². The molecular weight excluding hydrogens is 685 g/mol. The standard InChI is InChI=1S/C51H32N4O/c52-31-32-19-20-36-28-37(22-21-35(36)27-32)38-24-26-47-45(29-38)51(43-17-9-10-18-46(43)56-47)42-16-8-7-15-40(42)41-25-23-39(30-44(41)51)50-54-48(33-11-3-1-4-12-33)53-49(55-50)34-13-5-2-6-14-34/h1-30,48H,(H,53,54,55). The van der Waals surface area contributed by atoms with Gasteiger partial charge in [-0.25, -0.2) is 9.98 Å². The van der Waals surface area contributed by atoms with Crippen LogP contribution in [0.2, 0.25) is 0 Å². The molecule has 8 aromatic carbocycles. The van der Waals surface area contributed by atoms with E-state index in [9.17, 15) is 5.26 Å². The van der Waals surface area contributed by atoms with Crippen molar-refractivity contribution in [2.24, 2.45) is 9.98 Å². The van der Waals surface area contributed by atoms with Crippen LogP contribution in [0.15, 0.2) is 192 Å². The van der Waals surface area contributed by atoms with Gasteiger partial charge in [0.05, 0.1) is 17.0 Å². The third-order valence-electron chi connectivity index (χ3n) is 11.4. The van der Waals surface area contributed by atoms with Crippen molar-refractivity contribution >= 4 is 22.4 Å². The summed E-state index contributed by atoms with van der Waals surface area (Å²) in [6.45, 7) is 0. The van der Waals surface area contributed by atoms with Gasteiger partial charge in [-0.05, 0) is 92.2 Å². The lowest BCUT2D eigenvalue weighted by Gasteiger charge is -2.39. The molecule has 5 heteroatoms. The number of amidine groups is 2. The third-order valence-corrected chi connectivity index (χ3v) is 11.4. The van der Waals surface area contributed by atoms with E-state index in [1.54, 1.807) is 0 Å². The summed E-state index contributed by atoms with van der Waals surface area (Å²) < 4.78 is 6.77. The quantitative estimate of drug-likeness (QED) is 0.197. The first-order valence-electron chi connectivity index (χ1n) is 18.8. The molecular formula is C51H32N4O. The highest BCUT2D eigenvalue weighted by molar-refractivity contribution is 6.13. The predicted molar refractivity (Wildman–Crippen MR) is 223 cm³/mol. The van der Waals surface area contributed by atoms with E-state index < -0.39 is 5.41 Å². The number of hydrogen-bond acceptors (Lipinski definition) is 5. The zero-order valence-electron chi connectivity index (χ0n) is 30.1. The summed E-state index contributed by atoms with van der Waals surface area (Å²) >= 11 is 0. The van der Waals surface area contributed by atoms with Gasteiger partial charge in [-0.2, -0.15) is 5.26 Å². The summed E-state index contributed by atoms with van der Waals surface area (Å²) in [5, 5.41) is 15.3. The van der Waals surface area contributed by atoms with Crippen LogP contribution in [0.5, 0.6) is 11.5 Å². The summed E-state index contributed by atoms with van der Waals surface area (Å²) in [5.41, 5.74) is 12.2. The fourth-order valence-corrected chi connectivity index (χ4v) is 8.84. The molecule has 262 valence electrons. The maximum absolute atomic E-state index is 9.48. The Labute approximate surface area is 324 Å². The lowest BCUT2D eigenvalue weighted by Crippen LogP contribution is -2.35. The first-order chi connectivity index (χ1) is 27.7. The number of benzene rings is 8. The Kier molecular flexibility index (Phi) is 7.14. The van der Waals surface area contributed by atoms with Gasteiger partial charge in [0, 0.05) is 22.3 Å². The van der Waals surface area contributed by atoms with Gasteiger partial charge in [-0.3, -0.25) is 0 Å². The Balaban J connectivity index is 1.13. The first kappa shape index (κ1) is 31.9. The second-order valence-corrected chi connectivity index (χ2v) is 14.5. The van der Waals surface area contributed by atoms with E-state index in [2.05, 4.69) is 133 Å². The van der Waals surface area contributed by atoms with E-state index in [1.807, 2.05) is 60.7 Å². The van der Waals surface area contributed by atoms with Gasteiger partial charge in [0.25, 0.3) is 0 Å². The second-order valence-electron chi connectivity index (χ2n) is 14.5. The Morgan fingerprint density at radius 3 is 2.02 bits per heavy atom. The van der Waals surface area contributed by atoms with Crippen LogP contribution in [0, 0.1) is 11.3 Å². The lowest BCUT2D eigenvalue weighted by molar-refractivity contribution is 0.436. The van der Waals surface area contributed by atoms with Crippen LogP contribution >= 0.6 is 0 Å². The van der Waals surface area contributed by atoms with Crippen molar-refractivity contribution in [3.05, 3.63) is 226 Å². The molecule has 0 amide bonds. The van der Waals surface area contributed by atoms with Crippen molar-refractivity contribution in [1.29, 1.82) is 5.26 Å². The van der Waals surface area contributed by atoms with Crippen molar-refractivity contribution in [1.82, 2.24) is 5.32 Å². The van der Waals surface area contributed by atoms with Gasteiger partial charge >= 0.3 is 0 Å². The van der Waals surface area contributed by atoms with E-state index in [0.717, 1.165) is 67.1 Å². The molecule has 0 saturated carbocycles. The molecule has 8 aromatic rings. The van der Waals surface area contributed by atoms with Crippen molar-refractivity contribution in [3.8, 4) is 39.8 Å². The molecule has 5 nitrogen and oxygen atoms in total. The molecule has 0 aromatic heterocycles. The van der Waals surface area contributed by atoms with Gasteiger partial charge in [-0.1, -0.05) is 140 Å². The fraction of sp³-hybridized carbons (Fsp3) is 0.0392. The average Bonchev–Trinajstić information content (AvgIpc) is 3.56. The minimum absolute atomic E-state index is 0.307. The largest absolute Gasteiger partial charge is 0.457 e. The SMILES string of the molecule is N#Cc1ccc2cc(-c3ccc4c(c3)C3(c5ccccc5O4)c4ccccc4-c4ccc(C5=NC(c6ccccc6)=NC(c6ccccc6)N5)cc43)ccc2c1. The number of ether oxygens (including phenoxy) is 1. The van der Waals surface area contributed by atoms with Crippen LogP contribution in [0.1, 0.15) is 50.7 Å². The Hall–Kier alpha value is -7.55. The Bertz CT molecular complexity index is 3000. The normalized spacial score (nSPS) is 17.3. The average molecular weight is 717 g/mol. The van der Waals surface area contributed by atoms with E-state index in [4.69, 9.17) is 14.7 Å². The molecule has 1 N–H and O–H groups in total. The van der Waals surface area contributed by atoms with Crippen LogP contribution in [0.3, 0.4) is 0 Å². The molecule has 1 spiro atoms. The highest BCUT2D eigenvalue weighted by Crippen LogP contribution is 2.62. The number of nitrogens with zero attached hydrogens (tertiary/aromatic N) is 3. The molecule has 0 bridgehead atoms. The zero-order chi connectivity index (χ0) is 37.2. The van der Waals surface area contributed by atoms with Crippen molar-refractivity contribution < 1.29 is 4.74 Å². The number of nitrogens with one attached hydrogen (secondary N) is 1. The minimum Gasteiger partial charge on any atom is -0.457 e. The Morgan fingerprint density at radius 1 is 0.518 bits per heavy atom. The number of hydrogen-bond donors (Lipinski definition) is 1. The van der Waals surface area contributed by atoms with Crippen molar-refractivity contribution in [2.45, 2.75) is 11.6 Å². The summed E-state index contributed by atoms with van der Waals surface area (Å²) in [4.78, 5) is 10.3. The summed E-state index contributed by atoms with van der Waals surface area (Å²) in [6, 6.07) is 65.7. The van der Waals surface area contributed by atoms with Crippen LogP contribution < -0.4 is 10.1 Å². The molecule has 2 aliphatic heterocycles. The third kappa shape index (κ3) is 4.86. The van der Waals surface area contributed by atoms with E-state index in [0.29, 0.717) is 11.4 Å². The van der Waals surface area contributed by atoms with E-state index in [1.165, 1.54) is 22.3 Å². The maximum atomic E-state index is 9.48. The highest BCUT2D eigenvalue weighted by Gasteiger charge is 2.51. The number of aliphatic imine (C=N–C) groups is 2. The molecule has 0 saturated heterocycles. The van der Waals surface area contributed by atoms with Crippen molar-refractivity contribution in [3.63, 3.8) is 0 Å². The van der Waals surface area contributed by atoms with Crippen LogP contribution in [-0.2, 0) is 5.41 Å². The van der Waals surface area contributed by atoms with Gasteiger partial charge < -0.3 is 10.1 Å². The monoisotopic (exact) mass is 716 g/mol. The molecule has 1 aliphatic carbocycles. The summed E-state index contributed by atoms with van der Waals surface area (Å²) in [5.74, 6) is 3.13. The van der Waals surface area contributed by atoms with E-state index >= 15 is 0 Å². The number of rotatable bonds is 4. The Morgan fingerprint density at radius 2 is 1.16 bits per heavy atom. The van der Waals surface area contributed by atoms with Gasteiger partial charge in [-0.15, -0.1) is 0 Å². The van der Waals surface area contributed by atoms with Crippen LogP contribution in [-0.4, -0.2) is 11.7 Å². The highest BCUT2D eigenvalue weighted by atomic mass is 16.5. The predicted octanol–water partition coefficient (Wildman–Crippen LogP) is 11.3. The van der Waals surface area contributed by atoms with Gasteiger partial charge in [0.1, 0.15) is 23.5 Å². The molecule has 3 aliphatic rings. The molecule has 2 atom stereocenters. The zero-order valence-corrected chi connectivity index (χ0v) is 30.1. The smallest absolute Gasteiger partial charge is 0.159 e. The lowest BCUT2D eigenvalue weighted by atomic mass is 9.65. The number of fused-ring (bicyclic) bond motifs is 10. The van der Waals surface area contributed by atoms with Crippen LogP contribution in [0.25, 0.3) is 33.0 Å². The number of para-hydroxylation sites is 1. The number of nitriles is 1. The molecule has 11 rings (SSSR count). The molecule has 56 heavy (non-hydrogen) atoms.